The van der Waals surface area contributed by atoms with Crippen LogP contribution in [0.3, 0.4) is 0 Å². The first-order chi connectivity index (χ1) is 12.1. The molecular formula is C18H23N3O4. The summed E-state index contributed by atoms with van der Waals surface area (Å²) in [6.45, 7) is 1.79. The number of carbonyl (C=O) groups excluding carboxylic acids is 3. The average molecular weight is 345 g/mol. The molecule has 0 aromatic heterocycles. The summed E-state index contributed by atoms with van der Waals surface area (Å²) < 4.78 is 5.11. The largest absolute Gasteiger partial charge is 0.497 e. The summed E-state index contributed by atoms with van der Waals surface area (Å²) >= 11 is 0. The molecule has 1 atom stereocenters. The van der Waals surface area contributed by atoms with E-state index in [9.17, 15) is 14.4 Å². The molecule has 4 amide bonds. The number of ether oxygens (including phenoxy) is 1. The van der Waals surface area contributed by atoms with Gasteiger partial charge in [-0.1, -0.05) is 12.1 Å². The number of rotatable bonds is 6. The maximum absolute atomic E-state index is 12.4. The van der Waals surface area contributed by atoms with Gasteiger partial charge < -0.3 is 15.0 Å². The van der Waals surface area contributed by atoms with E-state index >= 15 is 0 Å². The first-order valence-electron chi connectivity index (χ1n) is 8.61. The molecule has 7 nitrogen and oxygen atoms in total. The van der Waals surface area contributed by atoms with Crippen LogP contribution < -0.4 is 10.1 Å². The standard InChI is InChI=1S/C18H23N3O4/c1-25-14-6-4-13(5-7-14)8-11-21-17(23)15(19-18(21)24)12-16(22)20-9-2-3-10-20/h4-7,15H,2-3,8-12H2,1H3,(H,19,24)/t15-/m0/s1. The van der Waals surface area contributed by atoms with Gasteiger partial charge >= 0.3 is 6.03 Å². The number of amides is 4. The molecule has 2 saturated heterocycles. The Labute approximate surface area is 146 Å². The molecule has 0 bridgehead atoms. The van der Waals surface area contributed by atoms with Crippen molar-refractivity contribution in [1.29, 1.82) is 0 Å². The minimum atomic E-state index is -0.739. The van der Waals surface area contributed by atoms with Crippen molar-refractivity contribution in [1.82, 2.24) is 15.1 Å². The Hall–Kier alpha value is -2.57. The third-order valence-corrected chi connectivity index (χ3v) is 4.73. The minimum absolute atomic E-state index is 0.0452. The number of nitrogens with zero attached hydrogens (tertiary/aromatic N) is 2. The number of methoxy groups -OCH3 is 1. The van der Waals surface area contributed by atoms with E-state index in [-0.39, 0.29) is 18.2 Å². The second-order valence-electron chi connectivity index (χ2n) is 6.38. The summed E-state index contributed by atoms with van der Waals surface area (Å²) in [6.07, 6.45) is 2.62. The average Bonchev–Trinajstić information content (AvgIpc) is 3.24. The van der Waals surface area contributed by atoms with Gasteiger partial charge in [-0.3, -0.25) is 14.5 Å². The molecule has 3 rings (SSSR count). The summed E-state index contributed by atoms with van der Waals surface area (Å²) in [5, 5.41) is 2.63. The lowest BCUT2D eigenvalue weighted by Crippen LogP contribution is -2.38. The lowest BCUT2D eigenvalue weighted by Gasteiger charge is -2.17. The molecule has 0 radical (unpaired) electrons. The van der Waals surface area contributed by atoms with Crippen LogP contribution in [0.2, 0.25) is 0 Å². The number of imide groups is 1. The summed E-state index contributed by atoms with van der Waals surface area (Å²) in [5.41, 5.74) is 1.01. The molecule has 2 fully saturated rings. The normalized spacial score (nSPS) is 20.1. The third kappa shape index (κ3) is 3.92. The van der Waals surface area contributed by atoms with E-state index in [1.54, 1.807) is 12.0 Å². The zero-order valence-corrected chi connectivity index (χ0v) is 14.4. The van der Waals surface area contributed by atoms with Crippen molar-refractivity contribution in [3.8, 4) is 5.75 Å². The van der Waals surface area contributed by atoms with Gasteiger partial charge in [0.2, 0.25) is 5.91 Å². The predicted octanol–water partition coefficient (Wildman–Crippen LogP) is 1.17. The number of hydrogen-bond acceptors (Lipinski definition) is 4. The van der Waals surface area contributed by atoms with E-state index in [4.69, 9.17) is 4.74 Å². The molecule has 25 heavy (non-hydrogen) atoms. The number of urea groups is 1. The Morgan fingerprint density at radius 1 is 1.20 bits per heavy atom. The fourth-order valence-electron chi connectivity index (χ4n) is 3.23. The fourth-order valence-corrected chi connectivity index (χ4v) is 3.23. The highest BCUT2D eigenvalue weighted by molar-refractivity contribution is 6.05. The van der Waals surface area contributed by atoms with Crippen LogP contribution >= 0.6 is 0 Å². The van der Waals surface area contributed by atoms with Crippen molar-refractivity contribution in [2.75, 3.05) is 26.7 Å². The first kappa shape index (κ1) is 17.3. The highest BCUT2D eigenvalue weighted by atomic mass is 16.5. The predicted molar refractivity (Wildman–Crippen MR) is 91.2 cm³/mol. The molecule has 0 aliphatic carbocycles. The number of benzene rings is 1. The van der Waals surface area contributed by atoms with E-state index in [1.807, 2.05) is 24.3 Å². The van der Waals surface area contributed by atoms with Crippen molar-refractivity contribution in [2.45, 2.75) is 31.7 Å². The second-order valence-corrected chi connectivity index (χ2v) is 6.38. The Morgan fingerprint density at radius 2 is 1.88 bits per heavy atom. The van der Waals surface area contributed by atoms with Gasteiger partial charge in [0.1, 0.15) is 11.8 Å². The van der Waals surface area contributed by atoms with Crippen LogP contribution in [0, 0.1) is 0 Å². The van der Waals surface area contributed by atoms with Gasteiger partial charge in [-0.25, -0.2) is 4.79 Å². The maximum atomic E-state index is 12.4. The number of nitrogens with one attached hydrogen (secondary N) is 1. The summed E-state index contributed by atoms with van der Waals surface area (Å²) in [4.78, 5) is 39.7. The first-order valence-corrected chi connectivity index (χ1v) is 8.61. The van der Waals surface area contributed by atoms with Gasteiger partial charge in [0.15, 0.2) is 0 Å². The van der Waals surface area contributed by atoms with E-state index in [2.05, 4.69) is 5.32 Å². The zero-order valence-electron chi connectivity index (χ0n) is 14.4. The van der Waals surface area contributed by atoms with Gasteiger partial charge in [-0.15, -0.1) is 0 Å². The molecule has 134 valence electrons. The molecule has 0 saturated carbocycles. The van der Waals surface area contributed by atoms with Crippen molar-refractivity contribution < 1.29 is 19.1 Å². The van der Waals surface area contributed by atoms with Crippen molar-refractivity contribution >= 4 is 17.8 Å². The van der Waals surface area contributed by atoms with Gasteiger partial charge in [-0.2, -0.15) is 0 Å². The Kier molecular flexibility index (Phi) is 5.21. The molecule has 7 heteroatoms. The van der Waals surface area contributed by atoms with Crippen molar-refractivity contribution in [2.24, 2.45) is 0 Å². The number of carbonyl (C=O) groups is 3. The smallest absolute Gasteiger partial charge is 0.324 e. The lowest BCUT2D eigenvalue weighted by atomic mass is 10.1. The molecule has 1 N–H and O–H groups in total. The number of hydrogen-bond donors (Lipinski definition) is 1. The Bertz CT molecular complexity index is 653. The molecule has 1 aromatic rings. The van der Waals surface area contributed by atoms with Crippen LogP contribution in [0.25, 0.3) is 0 Å². The van der Waals surface area contributed by atoms with Crippen LogP contribution in [0.15, 0.2) is 24.3 Å². The van der Waals surface area contributed by atoms with E-state index in [1.165, 1.54) is 4.90 Å². The molecule has 2 heterocycles. The SMILES string of the molecule is COc1ccc(CCN2C(=O)N[C@@H](CC(=O)N3CCCC3)C2=O)cc1. The van der Waals surface area contributed by atoms with Crippen LogP contribution in [0.5, 0.6) is 5.75 Å². The molecule has 0 unspecified atom stereocenters. The fraction of sp³-hybridized carbons (Fsp3) is 0.500. The summed E-state index contributed by atoms with van der Waals surface area (Å²) in [7, 11) is 1.60. The summed E-state index contributed by atoms with van der Waals surface area (Å²) in [6, 6.07) is 6.35. The van der Waals surface area contributed by atoms with Crippen molar-refractivity contribution in [3.05, 3.63) is 29.8 Å². The highest BCUT2D eigenvalue weighted by Gasteiger charge is 2.39. The highest BCUT2D eigenvalue weighted by Crippen LogP contribution is 2.16. The number of likely N-dealkylation sites (tertiary alicyclic amines) is 1. The zero-order chi connectivity index (χ0) is 17.8. The van der Waals surface area contributed by atoms with Crippen LogP contribution in [-0.2, 0) is 16.0 Å². The van der Waals surface area contributed by atoms with Gasteiger partial charge in [-0.05, 0) is 37.0 Å². The van der Waals surface area contributed by atoms with Crippen molar-refractivity contribution in [3.63, 3.8) is 0 Å². The molecule has 2 aliphatic rings. The molecule has 1 aromatic carbocycles. The Morgan fingerprint density at radius 3 is 2.52 bits per heavy atom. The summed E-state index contributed by atoms with van der Waals surface area (Å²) in [5.74, 6) is 0.387. The maximum Gasteiger partial charge on any atom is 0.324 e. The second kappa shape index (κ2) is 7.55. The van der Waals surface area contributed by atoms with Gasteiger partial charge in [0.05, 0.1) is 13.5 Å². The quantitative estimate of drug-likeness (QED) is 0.785. The Balaban J connectivity index is 1.54. The van der Waals surface area contributed by atoms with Crippen LogP contribution in [-0.4, -0.2) is 60.4 Å². The van der Waals surface area contributed by atoms with E-state index in [0.717, 1.165) is 37.2 Å². The van der Waals surface area contributed by atoms with Gasteiger partial charge in [0, 0.05) is 19.6 Å². The lowest BCUT2D eigenvalue weighted by molar-refractivity contribution is -0.135. The van der Waals surface area contributed by atoms with E-state index < -0.39 is 12.1 Å². The van der Waals surface area contributed by atoms with Crippen LogP contribution in [0.4, 0.5) is 4.79 Å². The van der Waals surface area contributed by atoms with E-state index in [0.29, 0.717) is 13.0 Å². The third-order valence-electron chi connectivity index (χ3n) is 4.73. The monoisotopic (exact) mass is 345 g/mol. The van der Waals surface area contributed by atoms with Crippen LogP contribution in [0.1, 0.15) is 24.8 Å². The van der Waals surface area contributed by atoms with Gasteiger partial charge in [0.25, 0.3) is 5.91 Å². The minimum Gasteiger partial charge on any atom is -0.497 e. The molecule has 0 spiro atoms. The topological polar surface area (TPSA) is 79.0 Å². The molecule has 2 aliphatic heterocycles. The molecular weight excluding hydrogens is 322 g/mol.